The summed E-state index contributed by atoms with van der Waals surface area (Å²) in [5.41, 5.74) is 8.94. The van der Waals surface area contributed by atoms with Gasteiger partial charge in [0.1, 0.15) is 0 Å². The number of hydrogen-bond donors (Lipinski definition) is 0. The highest BCUT2D eigenvalue weighted by Gasteiger charge is 2.54. The predicted octanol–water partition coefficient (Wildman–Crippen LogP) is 6.72. The van der Waals surface area contributed by atoms with Crippen LogP contribution in [0.2, 0.25) is 0 Å². The van der Waals surface area contributed by atoms with Gasteiger partial charge in [-0.2, -0.15) is 9.97 Å². The molecular formula is C42H37BN4O2. The second kappa shape index (κ2) is 10.4. The summed E-state index contributed by atoms with van der Waals surface area (Å²) in [5, 5.41) is 2.54. The Labute approximate surface area is 287 Å². The van der Waals surface area contributed by atoms with Crippen LogP contribution in [0.5, 0.6) is 0 Å². The number of fused-ring (bicyclic) bond motifs is 5. The van der Waals surface area contributed by atoms with Crippen LogP contribution in [0.4, 0.5) is 0 Å². The van der Waals surface area contributed by atoms with Crippen LogP contribution >= 0.6 is 0 Å². The van der Waals surface area contributed by atoms with Crippen molar-refractivity contribution >= 4 is 30.3 Å². The Balaban J connectivity index is 1.30. The lowest BCUT2D eigenvalue weighted by atomic mass is 9.67. The van der Waals surface area contributed by atoms with Crippen molar-refractivity contribution in [3.05, 3.63) is 131 Å². The van der Waals surface area contributed by atoms with Crippen molar-refractivity contribution in [2.24, 2.45) is 0 Å². The van der Waals surface area contributed by atoms with Gasteiger partial charge in [0, 0.05) is 34.5 Å². The molecule has 1 fully saturated rings. The zero-order chi connectivity index (χ0) is 33.7. The lowest BCUT2D eigenvalue weighted by Crippen LogP contribution is -2.41. The normalized spacial score (nSPS) is 18.1. The van der Waals surface area contributed by atoms with E-state index in [2.05, 4.69) is 96.4 Å². The molecule has 0 N–H and O–H groups in total. The average Bonchev–Trinajstić information content (AvgIpc) is 3.71. The molecule has 2 aliphatic heterocycles. The Morgan fingerprint density at radius 3 is 1.86 bits per heavy atom. The van der Waals surface area contributed by atoms with Crippen LogP contribution in [-0.4, -0.2) is 37.8 Å². The van der Waals surface area contributed by atoms with E-state index < -0.39 is 18.3 Å². The van der Waals surface area contributed by atoms with Gasteiger partial charge in [0.2, 0.25) is 5.95 Å². The number of hydrogen-bond acceptors (Lipinski definition) is 5. The summed E-state index contributed by atoms with van der Waals surface area (Å²) in [6.07, 6.45) is 8.91. The molecule has 7 heteroatoms. The molecule has 3 aliphatic carbocycles. The minimum Gasteiger partial charge on any atom is -0.399 e. The van der Waals surface area contributed by atoms with Crippen molar-refractivity contribution in [2.45, 2.75) is 58.2 Å². The van der Waals surface area contributed by atoms with Gasteiger partial charge in [0.25, 0.3) is 0 Å². The van der Waals surface area contributed by atoms with E-state index in [1.807, 2.05) is 65.2 Å². The molecule has 1 aromatic heterocycles. The van der Waals surface area contributed by atoms with Crippen LogP contribution < -0.4 is 15.9 Å². The number of allylic oxidation sites excluding steroid dienone is 1. The van der Waals surface area contributed by atoms with E-state index in [-0.39, 0.29) is 5.41 Å². The first-order chi connectivity index (χ1) is 23.5. The Bertz CT molecular complexity index is 2350. The van der Waals surface area contributed by atoms with Gasteiger partial charge in [-0.1, -0.05) is 98.8 Å². The van der Waals surface area contributed by atoms with Gasteiger partial charge < -0.3 is 9.31 Å². The lowest BCUT2D eigenvalue weighted by molar-refractivity contribution is 0.00578. The molecule has 3 aromatic carbocycles. The van der Waals surface area contributed by atoms with E-state index in [0.29, 0.717) is 17.6 Å². The fourth-order valence-corrected chi connectivity index (χ4v) is 7.77. The summed E-state index contributed by atoms with van der Waals surface area (Å²) in [6, 6.07) is 31.1. The zero-order valence-electron chi connectivity index (χ0n) is 28.7. The SMILES string of the molecule is CC1(C)C2=c3ccccc3=CC2=Cc2c(B3OC(C)(C)C(C)(C)O3)c3ccn(-c4nc(-c5ccccc5)nc(-c5ccccc5)n4)cc-3c21. The lowest BCUT2D eigenvalue weighted by Gasteiger charge is -2.34. The molecule has 49 heavy (non-hydrogen) atoms. The van der Waals surface area contributed by atoms with E-state index in [1.165, 1.54) is 32.7 Å². The fourth-order valence-electron chi connectivity index (χ4n) is 7.77. The van der Waals surface area contributed by atoms with Crippen molar-refractivity contribution in [3.8, 4) is 39.9 Å². The highest BCUT2D eigenvalue weighted by molar-refractivity contribution is 6.65. The van der Waals surface area contributed by atoms with Gasteiger partial charge in [0.05, 0.1) is 11.2 Å². The summed E-state index contributed by atoms with van der Waals surface area (Å²) in [7, 11) is -0.517. The number of pyridine rings is 1. The molecule has 240 valence electrons. The quantitative estimate of drug-likeness (QED) is 0.200. The highest BCUT2D eigenvalue weighted by atomic mass is 16.7. The van der Waals surface area contributed by atoms with Gasteiger partial charge >= 0.3 is 7.12 Å². The third kappa shape index (κ3) is 4.53. The van der Waals surface area contributed by atoms with Crippen molar-refractivity contribution < 1.29 is 9.31 Å². The first-order valence-electron chi connectivity index (χ1n) is 17.0. The largest absolute Gasteiger partial charge is 0.496 e. The average molecular weight is 641 g/mol. The minimum atomic E-state index is -0.517. The van der Waals surface area contributed by atoms with Gasteiger partial charge in [0.15, 0.2) is 11.6 Å². The van der Waals surface area contributed by atoms with Gasteiger partial charge in [-0.15, -0.1) is 0 Å². The van der Waals surface area contributed by atoms with Crippen LogP contribution in [0.3, 0.4) is 0 Å². The molecule has 1 saturated heterocycles. The van der Waals surface area contributed by atoms with Crippen molar-refractivity contribution in [2.75, 3.05) is 0 Å². The van der Waals surface area contributed by atoms with E-state index in [4.69, 9.17) is 24.3 Å². The fraction of sp³-hybridized carbons (Fsp3) is 0.214. The molecule has 4 aromatic rings. The molecule has 6 nitrogen and oxygen atoms in total. The topological polar surface area (TPSA) is 62.1 Å². The van der Waals surface area contributed by atoms with Crippen molar-refractivity contribution in [3.63, 3.8) is 0 Å². The monoisotopic (exact) mass is 640 g/mol. The van der Waals surface area contributed by atoms with E-state index in [9.17, 15) is 0 Å². The molecule has 0 spiro atoms. The second-order valence-corrected chi connectivity index (χ2v) is 14.8. The van der Waals surface area contributed by atoms with Crippen LogP contribution in [0.15, 0.2) is 109 Å². The number of rotatable bonds is 4. The maximum Gasteiger partial charge on any atom is 0.496 e. The molecular weight excluding hydrogens is 603 g/mol. The molecule has 0 atom stereocenters. The first kappa shape index (κ1) is 30.0. The summed E-state index contributed by atoms with van der Waals surface area (Å²) in [6.45, 7) is 13.2. The third-order valence-corrected chi connectivity index (χ3v) is 10.9. The Morgan fingerprint density at radius 1 is 0.633 bits per heavy atom. The smallest absolute Gasteiger partial charge is 0.399 e. The standard InChI is InChI=1S/C42H37BN4O2/c1-40(2)34-29(23-28-19-13-14-20-30(28)34)24-32-35(40)33-25-47(22-21-31(33)36(32)43-48-41(3,4)42(5,6)49-43)39-45-37(26-15-9-7-10-16-26)44-38(46-39)27-17-11-8-12-18-27/h7-25H,1-6H3. The number of nitrogens with zero attached hydrogens (tertiary/aromatic N) is 4. The number of aromatic nitrogens is 4. The summed E-state index contributed by atoms with van der Waals surface area (Å²) in [4.78, 5) is 15.0. The molecule has 5 aliphatic rings. The molecule has 9 rings (SSSR count). The summed E-state index contributed by atoms with van der Waals surface area (Å²) >= 11 is 0. The summed E-state index contributed by atoms with van der Waals surface area (Å²) < 4.78 is 15.6. The van der Waals surface area contributed by atoms with Gasteiger partial charge in [-0.25, -0.2) is 4.98 Å². The van der Waals surface area contributed by atoms with Crippen LogP contribution in [0.1, 0.15) is 52.7 Å². The highest BCUT2D eigenvalue weighted by Crippen LogP contribution is 2.51. The maximum absolute atomic E-state index is 6.76. The Kier molecular flexibility index (Phi) is 6.39. The maximum atomic E-state index is 6.76. The van der Waals surface area contributed by atoms with Crippen LogP contribution in [0.25, 0.3) is 57.6 Å². The second-order valence-electron chi connectivity index (χ2n) is 14.8. The molecule has 3 heterocycles. The third-order valence-electron chi connectivity index (χ3n) is 10.9. The van der Waals surface area contributed by atoms with E-state index >= 15 is 0 Å². The minimum absolute atomic E-state index is 0.314. The Morgan fingerprint density at radius 2 is 1.22 bits per heavy atom. The number of benzene rings is 3. The van der Waals surface area contributed by atoms with E-state index in [0.717, 1.165) is 27.7 Å². The molecule has 0 radical (unpaired) electrons. The zero-order valence-corrected chi connectivity index (χ0v) is 28.7. The van der Waals surface area contributed by atoms with E-state index in [1.54, 1.807) is 0 Å². The molecule has 0 bridgehead atoms. The summed E-state index contributed by atoms with van der Waals surface area (Å²) in [5.74, 6) is 1.81. The van der Waals surface area contributed by atoms with Crippen molar-refractivity contribution in [1.82, 2.24) is 19.5 Å². The van der Waals surface area contributed by atoms with Gasteiger partial charge in [-0.3, -0.25) is 4.57 Å². The molecule has 0 saturated carbocycles. The molecule has 0 amide bonds. The van der Waals surface area contributed by atoms with Crippen molar-refractivity contribution in [1.29, 1.82) is 0 Å². The van der Waals surface area contributed by atoms with Gasteiger partial charge in [-0.05, 0) is 89.7 Å². The first-order valence-corrected chi connectivity index (χ1v) is 17.0. The molecule has 0 unspecified atom stereocenters. The Hall–Kier alpha value is -5.11. The predicted molar refractivity (Wildman–Crippen MR) is 197 cm³/mol. The van der Waals surface area contributed by atoms with Crippen LogP contribution in [0, 0.1) is 0 Å². The van der Waals surface area contributed by atoms with Crippen LogP contribution in [-0.2, 0) is 14.7 Å².